The molecular weight excluding hydrogens is 1080 g/mol. The molecule has 3 aliphatic rings. The number of aliphatic hydroxyl groups is 9. The minimum atomic E-state index is -1.44. The van der Waals surface area contributed by atoms with Crippen LogP contribution in [-0.2, 0) is 71.3 Å². The summed E-state index contributed by atoms with van der Waals surface area (Å²) in [7, 11) is 1.56. The number of nitrogens with one attached hydrogen (secondary N) is 5. The molecule has 0 aliphatic carbocycles. The standard InChI is InChI=1S/C52H95N5O24/c1-32-43(66)46(69)35(26-58)79-49(32)76-20-7-16-54-39(62)12-23-73-29-52(57-42(65)11-5-10-38(61)53-15-6-19-72-4,30-74-24-13-40(63)55-17-8-21-77-50-33(2)44(67)47(70)36(27-59)80-50)31-75-25-14-41(64)56-18-9-22-78-51-34(3)45(68)48(71)37(28-60)81-51/h32-37,43-51,58-60,66-71H,5-31H2,1-4H3,(H,53,61)(H,54,62)(H,55,63)(H,56,64)(H,57,65)/t32?,33?,34?,35?,36?,37?,43-,44-,45-,46+,47+,48+,49-,50-,51-,52?/m1/s1. The van der Waals surface area contributed by atoms with Crippen LogP contribution in [-0.4, -0.2) is 274 Å². The van der Waals surface area contributed by atoms with Crippen molar-refractivity contribution in [3.05, 3.63) is 0 Å². The van der Waals surface area contributed by atoms with E-state index in [0.29, 0.717) is 38.8 Å². The van der Waals surface area contributed by atoms with Crippen molar-refractivity contribution in [1.29, 1.82) is 0 Å². The molecule has 3 aliphatic heterocycles. The van der Waals surface area contributed by atoms with Gasteiger partial charge in [-0.1, -0.05) is 20.8 Å². The molecule has 3 fully saturated rings. The van der Waals surface area contributed by atoms with Gasteiger partial charge < -0.3 is 120 Å². The van der Waals surface area contributed by atoms with Gasteiger partial charge in [0, 0.05) is 89.8 Å². The third-order valence-corrected chi connectivity index (χ3v) is 14.0. The van der Waals surface area contributed by atoms with Crippen molar-refractivity contribution in [3.8, 4) is 0 Å². The first-order valence-corrected chi connectivity index (χ1v) is 28.1. The summed E-state index contributed by atoms with van der Waals surface area (Å²) in [5.41, 5.74) is -1.44. The number of ether oxygens (including phenoxy) is 10. The van der Waals surface area contributed by atoms with E-state index in [-0.39, 0.29) is 141 Å². The molecule has 3 heterocycles. The van der Waals surface area contributed by atoms with Crippen molar-refractivity contribution in [1.82, 2.24) is 26.6 Å². The Morgan fingerprint density at radius 3 is 1.01 bits per heavy atom. The van der Waals surface area contributed by atoms with Gasteiger partial charge in [0.25, 0.3) is 0 Å². The van der Waals surface area contributed by atoms with Crippen LogP contribution in [0.2, 0.25) is 0 Å². The Bertz CT molecular complexity index is 1620. The first-order chi connectivity index (χ1) is 38.8. The molecular formula is C52H95N5O24. The van der Waals surface area contributed by atoms with Crippen LogP contribution in [0.3, 0.4) is 0 Å². The van der Waals surface area contributed by atoms with Crippen LogP contribution in [0.25, 0.3) is 0 Å². The molecule has 29 nitrogen and oxygen atoms in total. The van der Waals surface area contributed by atoms with Crippen molar-refractivity contribution < 1.29 is 117 Å². The summed E-state index contributed by atoms with van der Waals surface area (Å²) in [6.45, 7) is 4.13. The lowest BCUT2D eigenvalue weighted by Gasteiger charge is -2.40. The molecule has 0 radical (unpaired) electrons. The number of hydrogen-bond donors (Lipinski definition) is 14. The molecule has 15 atom stereocenters. The maximum absolute atomic E-state index is 13.6. The Morgan fingerprint density at radius 2 is 0.704 bits per heavy atom. The lowest BCUT2D eigenvalue weighted by molar-refractivity contribution is -0.282. The Kier molecular flexibility index (Phi) is 35.5. The first-order valence-electron chi connectivity index (χ1n) is 28.1. The van der Waals surface area contributed by atoms with Gasteiger partial charge in [0.05, 0.1) is 97.6 Å². The van der Waals surface area contributed by atoms with E-state index in [1.165, 1.54) is 0 Å². The van der Waals surface area contributed by atoms with E-state index in [4.69, 9.17) is 47.4 Å². The van der Waals surface area contributed by atoms with Crippen molar-refractivity contribution in [3.63, 3.8) is 0 Å². The fraction of sp³-hybridized carbons (Fsp3) is 0.904. The molecule has 0 aromatic rings. The van der Waals surface area contributed by atoms with Crippen LogP contribution in [0.5, 0.6) is 0 Å². The van der Waals surface area contributed by atoms with Crippen molar-refractivity contribution in [2.45, 2.75) is 164 Å². The van der Waals surface area contributed by atoms with Gasteiger partial charge in [-0.15, -0.1) is 0 Å². The molecule has 5 amide bonds. The summed E-state index contributed by atoms with van der Waals surface area (Å²) >= 11 is 0. The highest BCUT2D eigenvalue weighted by Gasteiger charge is 2.45. The van der Waals surface area contributed by atoms with E-state index in [0.717, 1.165) is 0 Å². The highest BCUT2D eigenvalue weighted by molar-refractivity contribution is 5.79. The molecule has 0 aromatic heterocycles. The fourth-order valence-corrected chi connectivity index (χ4v) is 8.83. The maximum Gasteiger partial charge on any atom is 0.222 e. The lowest BCUT2D eigenvalue weighted by Crippen LogP contribution is -2.58. The molecule has 3 rings (SSSR count). The second-order valence-corrected chi connectivity index (χ2v) is 20.7. The first kappa shape index (κ1) is 71.9. The number of carbonyl (C=O) groups excluding carboxylic acids is 5. The number of methoxy groups -OCH3 is 1. The Hall–Kier alpha value is -3.41. The molecule has 472 valence electrons. The summed E-state index contributed by atoms with van der Waals surface area (Å²) < 4.78 is 56.9. The van der Waals surface area contributed by atoms with Crippen LogP contribution in [0.1, 0.15) is 85.0 Å². The average Bonchev–Trinajstić information content (AvgIpc) is 3.46. The second-order valence-electron chi connectivity index (χ2n) is 20.7. The Labute approximate surface area is 473 Å². The summed E-state index contributed by atoms with van der Waals surface area (Å²) in [5, 5.41) is 104. The quantitative estimate of drug-likeness (QED) is 0.0255. The highest BCUT2D eigenvalue weighted by Crippen LogP contribution is 2.29. The summed E-state index contributed by atoms with van der Waals surface area (Å²) in [6.07, 6.45) is -11.4. The third kappa shape index (κ3) is 26.2. The zero-order valence-corrected chi connectivity index (χ0v) is 47.4. The van der Waals surface area contributed by atoms with Gasteiger partial charge in [-0.05, 0) is 32.1 Å². The summed E-state index contributed by atoms with van der Waals surface area (Å²) in [5.74, 6) is -3.58. The number of hydrogen-bond acceptors (Lipinski definition) is 24. The Morgan fingerprint density at radius 1 is 0.407 bits per heavy atom. The SMILES string of the molecule is COCCCNC(=O)CCCC(=O)NC(COCCC(=O)NCCCO[C@@H]1OC(CO)[C@H](O)[C@H](O)C1C)(COCCC(=O)NCCCO[C@@H]1OC(CO)[C@H](O)[C@H](O)C1C)COCCC(=O)NCCCO[C@@H]1OC(CO)[C@H](O)[C@H](O)C1C. The fourth-order valence-electron chi connectivity index (χ4n) is 8.83. The van der Waals surface area contributed by atoms with E-state index in [1.54, 1.807) is 27.9 Å². The molecule has 0 bridgehead atoms. The summed E-state index contributed by atoms with van der Waals surface area (Å²) in [4.78, 5) is 64.7. The van der Waals surface area contributed by atoms with E-state index >= 15 is 0 Å². The molecule has 81 heavy (non-hydrogen) atoms. The highest BCUT2D eigenvalue weighted by atomic mass is 16.7. The molecule has 0 saturated carbocycles. The smallest absolute Gasteiger partial charge is 0.222 e. The van der Waals surface area contributed by atoms with Gasteiger partial charge in [0.1, 0.15) is 42.2 Å². The van der Waals surface area contributed by atoms with Crippen LogP contribution in [0, 0.1) is 17.8 Å². The van der Waals surface area contributed by atoms with Crippen molar-refractivity contribution in [2.24, 2.45) is 17.8 Å². The molecule has 6 unspecified atom stereocenters. The zero-order valence-electron chi connectivity index (χ0n) is 47.4. The Balaban J connectivity index is 1.59. The second kappa shape index (κ2) is 40.0. The van der Waals surface area contributed by atoms with Crippen LogP contribution in [0.4, 0.5) is 0 Å². The predicted octanol–water partition coefficient (Wildman–Crippen LogP) is -4.82. The average molecular weight is 1170 g/mol. The van der Waals surface area contributed by atoms with E-state index in [2.05, 4.69) is 26.6 Å². The molecule has 0 spiro atoms. The number of carbonyl (C=O) groups is 5. The minimum absolute atomic E-state index is 0.0569. The van der Waals surface area contributed by atoms with Gasteiger partial charge in [-0.3, -0.25) is 24.0 Å². The lowest BCUT2D eigenvalue weighted by atomic mass is 9.92. The maximum atomic E-state index is 13.6. The van der Waals surface area contributed by atoms with E-state index in [9.17, 15) is 69.9 Å². The third-order valence-electron chi connectivity index (χ3n) is 14.0. The number of amides is 5. The van der Waals surface area contributed by atoms with Gasteiger partial charge in [-0.25, -0.2) is 0 Å². The molecule has 3 saturated heterocycles. The van der Waals surface area contributed by atoms with Crippen molar-refractivity contribution >= 4 is 29.5 Å². The normalized spacial score (nSPS) is 29.3. The predicted molar refractivity (Wildman–Crippen MR) is 282 cm³/mol. The van der Waals surface area contributed by atoms with Crippen LogP contribution in [0.15, 0.2) is 0 Å². The zero-order chi connectivity index (χ0) is 59.7. The number of aliphatic hydroxyl groups excluding tert-OH is 9. The monoisotopic (exact) mass is 1170 g/mol. The van der Waals surface area contributed by atoms with Gasteiger partial charge >= 0.3 is 0 Å². The van der Waals surface area contributed by atoms with Crippen LogP contribution >= 0.6 is 0 Å². The van der Waals surface area contributed by atoms with Crippen LogP contribution < -0.4 is 26.6 Å². The van der Waals surface area contributed by atoms with Crippen molar-refractivity contribution in [2.75, 3.05) is 119 Å². The van der Waals surface area contributed by atoms with E-state index < -0.39 is 123 Å². The van der Waals surface area contributed by atoms with Gasteiger partial charge in [0.2, 0.25) is 29.5 Å². The molecule has 0 aromatic carbocycles. The topological polar surface area (TPSA) is 420 Å². The number of rotatable bonds is 42. The minimum Gasteiger partial charge on any atom is -0.394 e. The molecule has 29 heteroatoms. The van der Waals surface area contributed by atoms with Gasteiger partial charge in [-0.2, -0.15) is 0 Å². The summed E-state index contributed by atoms with van der Waals surface area (Å²) in [6, 6.07) is 0. The molecule has 14 N–H and O–H groups in total. The van der Waals surface area contributed by atoms with Gasteiger partial charge in [0.15, 0.2) is 18.9 Å². The van der Waals surface area contributed by atoms with E-state index in [1.807, 2.05) is 0 Å². The largest absolute Gasteiger partial charge is 0.394 e.